The lowest BCUT2D eigenvalue weighted by Gasteiger charge is -2.33. The zero-order chi connectivity index (χ0) is 19.1. The first-order valence-electron chi connectivity index (χ1n) is 8.33. The number of hydrogen-bond donors (Lipinski definition) is 2. The van der Waals surface area contributed by atoms with Crippen molar-refractivity contribution in [1.29, 1.82) is 0 Å². The van der Waals surface area contributed by atoms with Crippen molar-refractivity contribution in [2.75, 3.05) is 31.6 Å². The molecule has 2 rings (SSSR count). The molecule has 0 aromatic heterocycles. The van der Waals surface area contributed by atoms with Crippen LogP contribution in [0.2, 0.25) is 10.0 Å². The first-order valence-corrected chi connectivity index (χ1v) is 9.08. The molecule has 7 nitrogen and oxygen atoms in total. The van der Waals surface area contributed by atoms with E-state index in [2.05, 4.69) is 10.6 Å². The van der Waals surface area contributed by atoms with Crippen molar-refractivity contribution < 1.29 is 19.1 Å². The van der Waals surface area contributed by atoms with Gasteiger partial charge in [0, 0.05) is 18.1 Å². The van der Waals surface area contributed by atoms with Crippen LogP contribution in [0.3, 0.4) is 0 Å². The predicted molar refractivity (Wildman–Crippen MR) is 99.3 cm³/mol. The van der Waals surface area contributed by atoms with Crippen molar-refractivity contribution in [2.24, 2.45) is 0 Å². The van der Waals surface area contributed by atoms with Gasteiger partial charge in [0.15, 0.2) is 0 Å². The van der Waals surface area contributed by atoms with E-state index in [1.54, 1.807) is 17.0 Å². The zero-order valence-corrected chi connectivity index (χ0v) is 15.9. The van der Waals surface area contributed by atoms with E-state index in [1.165, 1.54) is 6.07 Å². The van der Waals surface area contributed by atoms with Crippen molar-refractivity contribution in [1.82, 2.24) is 10.2 Å². The Kier molecular flexibility index (Phi) is 7.68. The quantitative estimate of drug-likeness (QED) is 0.682. The second-order valence-electron chi connectivity index (χ2n) is 5.87. The molecule has 1 unspecified atom stereocenters. The van der Waals surface area contributed by atoms with E-state index < -0.39 is 12.0 Å². The molecule has 0 radical (unpaired) electrons. The first kappa shape index (κ1) is 20.5. The minimum atomic E-state index is -0.737. The number of hydrogen-bond acceptors (Lipinski definition) is 5. The molecule has 0 saturated carbocycles. The maximum absolute atomic E-state index is 12.3. The van der Waals surface area contributed by atoms with E-state index in [0.717, 1.165) is 0 Å². The van der Waals surface area contributed by atoms with Crippen LogP contribution in [0.25, 0.3) is 0 Å². The molecule has 2 amide bonds. The fourth-order valence-corrected chi connectivity index (χ4v) is 3.03. The maximum atomic E-state index is 12.3. The third-order valence-electron chi connectivity index (χ3n) is 3.82. The summed E-state index contributed by atoms with van der Waals surface area (Å²) in [4.78, 5) is 38.0. The van der Waals surface area contributed by atoms with Crippen LogP contribution in [-0.4, -0.2) is 55.0 Å². The summed E-state index contributed by atoms with van der Waals surface area (Å²) in [5.74, 6) is -1.09. The fraction of sp³-hybridized carbons (Fsp3) is 0.471. The van der Waals surface area contributed by atoms with Crippen LogP contribution in [0.5, 0.6) is 0 Å². The number of carbonyl (C=O) groups excluding carboxylic acids is 3. The van der Waals surface area contributed by atoms with Crippen LogP contribution >= 0.6 is 23.2 Å². The summed E-state index contributed by atoms with van der Waals surface area (Å²) in [6.45, 7) is 3.02. The van der Waals surface area contributed by atoms with E-state index in [4.69, 9.17) is 27.9 Å². The highest BCUT2D eigenvalue weighted by molar-refractivity contribution is 6.36. The van der Waals surface area contributed by atoms with E-state index in [1.807, 2.05) is 6.92 Å². The SMILES string of the molecule is CCCOC(=O)CC1C(=O)NCCN1CC(=O)Nc1ccc(Cl)cc1Cl. The molecule has 2 N–H and O–H groups in total. The van der Waals surface area contributed by atoms with Gasteiger partial charge in [-0.1, -0.05) is 30.1 Å². The number of anilines is 1. The first-order chi connectivity index (χ1) is 12.4. The number of esters is 1. The molecule has 0 aliphatic carbocycles. The van der Waals surface area contributed by atoms with Gasteiger partial charge in [0.25, 0.3) is 0 Å². The van der Waals surface area contributed by atoms with Crippen LogP contribution in [0.1, 0.15) is 19.8 Å². The van der Waals surface area contributed by atoms with Gasteiger partial charge < -0.3 is 15.4 Å². The summed E-state index contributed by atoms with van der Waals surface area (Å²) in [6, 6.07) is 4.01. The Balaban J connectivity index is 1.98. The largest absolute Gasteiger partial charge is 0.466 e. The number of carbonyl (C=O) groups is 3. The molecule has 26 heavy (non-hydrogen) atoms. The van der Waals surface area contributed by atoms with Crippen molar-refractivity contribution in [3.8, 4) is 0 Å². The Morgan fingerprint density at radius 3 is 2.85 bits per heavy atom. The lowest BCUT2D eigenvalue weighted by molar-refractivity contribution is -0.148. The molecule has 1 aliphatic rings. The Morgan fingerprint density at radius 1 is 1.38 bits per heavy atom. The normalized spacial score (nSPS) is 17.5. The molecule has 1 heterocycles. The van der Waals surface area contributed by atoms with Crippen molar-refractivity contribution in [3.63, 3.8) is 0 Å². The zero-order valence-electron chi connectivity index (χ0n) is 14.4. The Morgan fingerprint density at radius 2 is 2.15 bits per heavy atom. The van der Waals surface area contributed by atoms with Crippen molar-refractivity contribution >= 4 is 46.7 Å². The van der Waals surface area contributed by atoms with E-state index in [-0.39, 0.29) is 24.8 Å². The molecule has 1 aromatic carbocycles. The van der Waals surface area contributed by atoms with Gasteiger partial charge in [-0.25, -0.2) is 0 Å². The van der Waals surface area contributed by atoms with Crippen molar-refractivity contribution in [3.05, 3.63) is 28.2 Å². The van der Waals surface area contributed by atoms with Gasteiger partial charge in [-0.2, -0.15) is 0 Å². The van der Waals surface area contributed by atoms with Crippen LogP contribution in [-0.2, 0) is 19.1 Å². The van der Waals surface area contributed by atoms with E-state index in [9.17, 15) is 14.4 Å². The summed E-state index contributed by atoms with van der Waals surface area (Å²) in [5.41, 5.74) is 0.432. The van der Waals surface area contributed by atoms with Crippen LogP contribution in [0, 0.1) is 0 Å². The Hall–Kier alpha value is -1.83. The number of halogens is 2. The summed E-state index contributed by atoms with van der Waals surface area (Å²) in [6.07, 6.45) is 0.609. The van der Waals surface area contributed by atoms with Gasteiger partial charge in [0.2, 0.25) is 11.8 Å². The average Bonchev–Trinajstić information content (AvgIpc) is 2.58. The van der Waals surface area contributed by atoms with Gasteiger partial charge in [-0.05, 0) is 24.6 Å². The van der Waals surface area contributed by atoms with E-state index in [0.29, 0.717) is 41.8 Å². The average molecular weight is 402 g/mol. The number of nitrogens with zero attached hydrogens (tertiary/aromatic N) is 1. The van der Waals surface area contributed by atoms with Crippen molar-refractivity contribution in [2.45, 2.75) is 25.8 Å². The van der Waals surface area contributed by atoms with Crippen LogP contribution in [0.4, 0.5) is 5.69 Å². The third-order valence-corrected chi connectivity index (χ3v) is 4.37. The number of piperazine rings is 1. The fourth-order valence-electron chi connectivity index (χ4n) is 2.57. The maximum Gasteiger partial charge on any atom is 0.307 e. The summed E-state index contributed by atoms with van der Waals surface area (Å²) >= 11 is 11.9. The number of benzene rings is 1. The highest BCUT2D eigenvalue weighted by atomic mass is 35.5. The molecule has 1 aliphatic heterocycles. The van der Waals surface area contributed by atoms with Gasteiger partial charge in [-0.3, -0.25) is 19.3 Å². The molecule has 9 heteroatoms. The smallest absolute Gasteiger partial charge is 0.307 e. The number of ether oxygens (including phenoxy) is 1. The van der Waals surface area contributed by atoms with E-state index >= 15 is 0 Å². The predicted octanol–water partition coefficient (Wildman–Crippen LogP) is 2.08. The summed E-state index contributed by atoms with van der Waals surface area (Å²) in [5, 5.41) is 6.18. The molecule has 1 atom stereocenters. The minimum Gasteiger partial charge on any atom is -0.466 e. The molecule has 0 spiro atoms. The summed E-state index contributed by atoms with van der Waals surface area (Å²) in [7, 11) is 0. The number of nitrogens with one attached hydrogen (secondary N) is 2. The molecule has 1 aromatic rings. The topological polar surface area (TPSA) is 87.7 Å². The molecule has 1 saturated heterocycles. The van der Waals surface area contributed by atoms with Crippen LogP contribution < -0.4 is 10.6 Å². The standard InChI is InChI=1S/C17H21Cl2N3O4/c1-2-7-26-16(24)9-14-17(25)20-5-6-22(14)10-15(23)21-13-4-3-11(18)8-12(13)19/h3-4,8,14H,2,5-7,9-10H2,1H3,(H,20,25)(H,21,23). The van der Waals surface area contributed by atoms with Crippen LogP contribution in [0.15, 0.2) is 18.2 Å². The van der Waals surface area contributed by atoms with Gasteiger partial charge in [-0.15, -0.1) is 0 Å². The number of rotatable bonds is 7. The van der Waals surface area contributed by atoms with Gasteiger partial charge in [0.05, 0.1) is 30.3 Å². The third kappa shape index (κ3) is 5.86. The monoisotopic (exact) mass is 401 g/mol. The molecule has 0 bridgehead atoms. The van der Waals surface area contributed by atoms with Gasteiger partial charge in [0.1, 0.15) is 6.04 Å². The molecule has 142 valence electrons. The molecular formula is C17H21Cl2N3O4. The highest BCUT2D eigenvalue weighted by Crippen LogP contribution is 2.25. The van der Waals surface area contributed by atoms with Gasteiger partial charge >= 0.3 is 5.97 Å². The molecule has 1 fully saturated rings. The Labute approximate surface area is 162 Å². The lowest BCUT2D eigenvalue weighted by Crippen LogP contribution is -2.57. The minimum absolute atomic E-state index is 0.0436. The second-order valence-corrected chi connectivity index (χ2v) is 6.72. The Bertz CT molecular complexity index is 684. The highest BCUT2D eigenvalue weighted by Gasteiger charge is 2.33. The second kappa shape index (κ2) is 9.75. The summed E-state index contributed by atoms with van der Waals surface area (Å²) < 4.78 is 5.04. The number of amides is 2. The molecular weight excluding hydrogens is 381 g/mol. The lowest BCUT2D eigenvalue weighted by atomic mass is 10.1.